The lowest BCUT2D eigenvalue weighted by molar-refractivity contribution is -0.121. The van der Waals surface area contributed by atoms with Crippen LogP contribution in [0.5, 0.6) is 0 Å². The van der Waals surface area contributed by atoms with Gasteiger partial charge in [-0.2, -0.15) is 0 Å². The van der Waals surface area contributed by atoms with E-state index in [4.69, 9.17) is 0 Å². The molecule has 7 heteroatoms. The molecule has 1 atom stereocenters. The van der Waals surface area contributed by atoms with Gasteiger partial charge in [-0.1, -0.05) is 35.5 Å². The molecular formula is C31H34N4O3. The smallest absolute Gasteiger partial charge is 0.254 e. The van der Waals surface area contributed by atoms with Gasteiger partial charge < -0.3 is 10.0 Å². The molecule has 1 aliphatic heterocycles. The minimum Gasteiger partial charge on any atom is -0.389 e. The molecule has 196 valence electrons. The highest BCUT2D eigenvalue weighted by atomic mass is 16.3. The van der Waals surface area contributed by atoms with E-state index >= 15 is 0 Å². The Morgan fingerprint density at radius 3 is 2.55 bits per heavy atom. The maximum atomic E-state index is 13.3. The van der Waals surface area contributed by atoms with Crippen molar-refractivity contribution in [2.45, 2.75) is 59.5 Å². The zero-order chi connectivity index (χ0) is 27.0. The first-order chi connectivity index (χ1) is 18.3. The van der Waals surface area contributed by atoms with E-state index in [1.165, 1.54) is 11.1 Å². The van der Waals surface area contributed by atoms with E-state index in [9.17, 15) is 14.7 Å². The summed E-state index contributed by atoms with van der Waals surface area (Å²) in [6.07, 6.45) is 0.979. The van der Waals surface area contributed by atoms with Crippen LogP contribution in [-0.2, 0) is 24.3 Å². The summed E-state index contributed by atoms with van der Waals surface area (Å²) in [5.41, 5.74) is 10.1. The summed E-state index contributed by atoms with van der Waals surface area (Å²) in [5, 5.41) is 18.2. The van der Waals surface area contributed by atoms with Gasteiger partial charge in [-0.25, -0.2) is 4.68 Å². The van der Waals surface area contributed by atoms with E-state index in [2.05, 4.69) is 34.6 Å². The normalized spacial score (nSPS) is 14.0. The molecule has 5 rings (SSSR count). The second-order valence-corrected chi connectivity index (χ2v) is 10.3. The lowest BCUT2D eigenvalue weighted by Crippen LogP contribution is -2.36. The predicted octanol–water partition coefficient (Wildman–Crippen LogP) is 4.66. The van der Waals surface area contributed by atoms with Gasteiger partial charge >= 0.3 is 0 Å². The number of hydrogen-bond acceptors (Lipinski definition) is 5. The Morgan fingerprint density at radius 2 is 1.82 bits per heavy atom. The predicted molar refractivity (Wildman–Crippen MR) is 147 cm³/mol. The zero-order valence-corrected chi connectivity index (χ0v) is 22.5. The Balaban J connectivity index is 1.50. The number of aliphatic hydroxyl groups excluding tert-OH is 1. The van der Waals surface area contributed by atoms with Crippen LogP contribution in [0.1, 0.15) is 68.6 Å². The van der Waals surface area contributed by atoms with Crippen molar-refractivity contribution >= 4 is 22.7 Å². The number of aromatic nitrogens is 3. The fraction of sp³-hybridized carbons (Fsp3) is 0.355. The third-order valence-corrected chi connectivity index (χ3v) is 7.95. The molecule has 1 N–H and O–H groups in total. The number of hydrogen-bond donors (Lipinski definition) is 1. The lowest BCUT2D eigenvalue weighted by Gasteiger charge is -2.30. The molecule has 0 aliphatic carbocycles. The highest BCUT2D eigenvalue weighted by molar-refractivity contribution is 5.94. The fourth-order valence-corrected chi connectivity index (χ4v) is 5.52. The van der Waals surface area contributed by atoms with Gasteiger partial charge in [0, 0.05) is 37.5 Å². The third-order valence-electron chi connectivity index (χ3n) is 7.95. The molecule has 1 amide bonds. The highest BCUT2D eigenvalue weighted by Crippen LogP contribution is 2.35. The van der Waals surface area contributed by atoms with Crippen molar-refractivity contribution < 1.29 is 14.7 Å². The first-order valence-electron chi connectivity index (χ1n) is 13.2. The summed E-state index contributed by atoms with van der Waals surface area (Å²) in [4.78, 5) is 27.7. The number of rotatable bonds is 7. The van der Waals surface area contributed by atoms with E-state index in [0.717, 1.165) is 51.8 Å². The van der Waals surface area contributed by atoms with Crippen molar-refractivity contribution in [3.63, 3.8) is 0 Å². The first kappa shape index (κ1) is 25.8. The van der Waals surface area contributed by atoms with Crippen molar-refractivity contribution in [1.82, 2.24) is 19.9 Å². The summed E-state index contributed by atoms with van der Waals surface area (Å²) in [5.74, 6) is -0.408. The number of nitrogens with zero attached hydrogens (tertiary/aromatic N) is 4. The molecule has 0 fully saturated rings. The second kappa shape index (κ2) is 10.5. The Labute approximate surface area is 223 Å². The molecule has 0 bridgehead atoms. The first-order valence-corrected chi connectivity index (χ1v) is 13.2. The number of carbonyl (C=O) groups is 2. The molecule has 1 aromatic heterocycles. The standard InChI is InChI=1S/C31H34N4O3/c1-5-35-29-11-10-27(21(4)30(29)32-33-35)28(16-26(37)18-36)23-9-8-22-12-13-34(17-25(22)15-23)31(38)24-7-6-19(2)20(3)14-24/h6-11,14-15,28,36H,5,12-13,16-18H2,1-4H3/t28-/m0/s1. The quantitative estimate of drug-likeness (QED) is 0.391. The van der Waals surface area contributed by atoms with Gasteiger partial charge in [-0.05, 0) is 91.3 Å². The zero-order valence-electron chi connectivity index (χ0n) is 22.5. The Kier molecular flexibility index (Phi) is 7.13. The van der Waals surface area contributed by atoms with Gasteiger partial charge in [-0.3, -0.25) is 9.59 Å². The molecule has 0 saturated carbocycles. The van der Waals surface area contributed by atoms with Crippen molar-refractivity contribution in [1.29, 1.82) is 0 Å². The van der Waals surface area contributed by atoms with Crippen molar-refractivity contribution in [2.24, 2.45) is 0 Å². The summed E-state index contributed by atoms with van der Waals surface area (Å²) in [6, 6.07) is 16.3. The number of Topliss-reactive ketones (excluding diaryl/α,β-unsaturated/α-hetero) is 1. The number of amides is 1. The number of aliphatic hydroxyl groups is 1. The van der Waals surface area contributed by atoms with Crippen LogP contribution in [0.3, 0.4) is 0 Å². The van der Waals surface area contributed by atoms with Crippen LogP contribution in [-0.4, -0.2) is 49.8 Å². The minimum atomic E-state index is -0.493. The van der Waals surface area contributed by atoms with Gasteiger partial charge in [-0.15, -0.1) is 5.10 Å². The van der Waals surface area contributed by atoms with Crippen LogP contribution < -0.4 is 0 Å². The van der Waals surface area contributed by atoms with E-state index in [-0.39, 0.29) is 24.0 Å². The molecule has 1 aliphatic rings. The van der Waals surface area contributed by atoms with Crippen LogP contribution in [0.2, 0.25) is 0 Å². The molecule has 0 unspecified atom stereocenters. The maximum Gasteiger partial charge on any atom is 0.254 e. The van der Waals surface area contributed by atoms with Gasteiger partial charge in [0.2, 0.25) is 0 Å². The number of ketones is 1. The van der Waals surface area contributed by atoms with Gasteiger partial charge in [0.05, 0.1) is 5.52 Å². The molecule has 38 heavy (non-hydrogen) atoms. The minimum absolute atomic E-state index is 0.0384. The van der Waals surface area contributed by atoms with Crippen LogP contribution in [0.25, 0.3) is 11.0 Å². The average molecular weight is 511 g/mol. The average Bonchev–Trinajstić information content (AvgIpc) is 3.36. The largest absolute Gasteiger partial charge is 0.389 e. The monoisotopic (exact) mass is 510 g/mol. The van der Waals surface area contributed by atoms with Crippen molar-refractivity contribution in [3.05, 3.63) is 93.0 Å². The molecule has 0 radical (unpaired) electrons. The maximum absolute atomic E-state index is 13.3. The summed E-state index contributed by atoms with van der Waals surface area (Å²) < 4.78 is 1.86. The summed E-state index contributed by atoms with van der Waals surface area (Å²) >= 11 is 0. The Morgan fingerprint density at radius 1 is 1.00 bits per heavy atom. The van der Waals surface area contributed by atoms with Crippen molar-refractivity contribution in [3.8, 4) is 0 Å². The number of fused-ring (bicyclic) bond motifs is 2. The third kappa shape index (κ3) is 4.74. The number of benzene rings is 3. The molecule has 3 aromatic carbocycles. The Hall–Kier alpha value is -3.84. The summed E-state index contributed by atoms with van der Waals surface area (Å²) in [6.45, 7) is 9.56. The van der Waals surface area contributed by atoms with Crippen LogP contribution in [0, 0.1) is 20.8 Å². The molecule has 0 spiro atoms. The van der Waals surface area contributed by atoms with E-state index in [1.807, 2.05) is 61.5 Å². The molecular weight excluding hydrogens is 476 g/mol. The number of carbonyl (C=O) groups excluding carboxylic acids is 2. The van der Waals surface area contributed by atoms with Crippen LogP contribution >= 0.6 is 0 Å². The highest BCUT2D eigenvalue weighted by Gasteiger charge is 2.26. The number of aryl methyl sites for hydroxylation is 4. The molecule has 4 aromatic rings. The van der Waals surface area contributed by atoms with E-state index < -0.39 is 6.61 Å². The SMILES string of the molecule is CCn1nnc2c(C)c([C@@H](CC(=O)CO)c3ccc4c(c3)CN(C(=O)c3ccc(C)c(C)c3)CC4)ccc21. The molecule has 2 heterocycles. The fourth-order valence-electron chi connectivity index (χ4n) is 5.52. The van der Waals surface area contributed by atoms with Gasteiger partial charge in [0.15, 0.2) is 5.78 Å². The molecule has 0 saturated heterocycles. The lowest BCUT2D eigenvalue weighted by atomic mass is 9.82. The summed E-state index contributed by atoms with van der Waals surface area (Å²) in [7, 11) is 0. The van der Waals surface area contributed by atoms with Crippen LogP contribution in [0.15, 0.2) is 48.5 Å². The molecule has 7 nitrogen and oxygen atoms in total. The van der Waals surface area contributed by atoms with E-state index in [1.54, 1.807) is 0 Å². The van der Waals surface area contributed by atoms with Gasteiger partial charge in [0.1, 0.15) is 12.1 Å². The second-order valence-electron chi connectivity index (χ2n) is 10.3. The van der Waals surface area contributed by atoms with Crippen LogP contribution in [0.4, 0.5) is 0 Å². The van der Waals surface area contributed by atoms with Crippen molar-refractivity contribution in [2.75, 3.05) is 13.2 Å². The topological polar surface area (TPSA) is 88.3 Å². The van der Waals surface area contributed by atoms with Gasteiger partial charge in [0.25, 0.3) is 5.91 Å². The Bertz CT molecular complexity index is 1540. The van der Waals surface area contributed by atoms with E-state index in [0.29, 0.717) is 18.7 Å².